The first-order valence-electron chi connectivity index (χ1n) is 6.86. The molecular weight excluding hydrogens is 424 g/mol. The van der Waals surface area contributed by atoms with Gasteiger partial charge >= 0.3 is 10.2 Å². The SMILES string of the molecule is COc1cc(F)c(S(=O)(=O)Nc2ccc(S(F)(F)(F)(F)F)cc2)cc1OC. The van der Waals surface area contributed by atoms with Gasteiger partial charge in [-0.25, -0.2) is 12.8 Å². The zero-order valence-electron chi connectivity index (χ0n) is 13.7. The molecule has 0 aromatic heterocycles. The molecule has 2 aromatic carbocycles. The first-order chi connectivity index (χ1) is 12.1. The Morgan fingerprint density at radius 2 is 1.37 bits per heavy atom. The molecule has 13 heteroatoms. The molecule has 0 radical (unpaired) electrons. The number of anilines is 1. The lowest BCUT2D eigenvalue weighted by molar-refractivity contribution is 0.350. The maximum absolute atomic E-state index is 14.1. The van der Waals surface area contributed by atoms with Crippen LogP contribution in [0.5, 0.6) is 11.5 Å². The maximum Gasteiger partial charge on any atom is 0.310 e. The van der Waals surface area contributed by atoms with E-state index in [0.717, 1.165) is 12.1 Å². The Labute approximate surface area is 150 Å². The van der Waals surface area contributed by atoms with Gasteiger partial charge in [0.25, 0.3) is 10.0 Å². The number of hydrogen-bond acceptors (Lipinski definition) is 4. The number of nitrogens with one attached hydrogen (secondary N) is 1. The second-order valence-corrected chi connectivity index (χ2v) is 9.30. The van der Waals surface area contributed by atoms with Gasteiger partial charge in [0, 0.05) is 17.8 Å². The third kappa shape index (κ3) is 4.71. The molecule has 5 nitrogen and oxygen atoms in total. The standard InChI is InChI=1S/C14H13F6NO4S2/c1-24-12-7-11(15)14(8-13(12)25-2)26(22,23)21-9-3-5-10(6-4-9)27(16,17,18,19)20/h3-8,21H,1-2H3. The van der Waals surface area contributed by atoms with Crippen molar-refractivity contribution in [2.24, 2.45) is 0 Å². The van der Waals surface area contributed by atoms with Crippen LogP contribution in [0.1, 0.15) is 0 Å². The first kappa shape index (κ1) is 21.0. The summed E-state index contributed by atoms with van der Waals surface area (Å²) in [7, 11) is -12.1. The second kappa shape index (κ2) is 5.86. The topological polar surface area (TPSA) is 64.6 Å². The van der Waals surface area contributed by atoms with Gasteiger partial charge in [-0.3, -0.25) is 4.72 Å². The van der Waals surface area contributed by atoms with Crippen LogP contribution in [-0.4, -0.2) is 22.6 Å². The lowest BCUT2D eigenvalue weighted by Gasteiger charge is -2.40. The van der Waals surface area contributed by atoms with Gasteiger partial charge in [0.2, 0.25) is 0 Å². The van der Waals surface area contributed by atoms with Gasteiger partial charge in [-0.05, 0) is 24.3 Å². The Balaban J connectivity index is 2.41. The zero-order chi connectivity index (χ0) is 20.7. The molecule has 0 unspecified atom stereocenters. The van der Waals surface area contributed by atoms with E-state index in [1.54, 1.807) is 4.72 Å². The molecule has 0 saturated heterocycles. The summed E-state index contributed by atoms with van der Waals surface area (Å²) in [4.78, 5) is -3.06. The summed E-state index contributed by atoms with van der Waals surface area (Å²) < 4.78 is 114. The average Bonchev–Trinajstić information content (AvgIpc) is 2.52. The smallest absolute Gasteiger partial charge is 0.310 e. The number of sulfonamides is 1. The highest BCUT2D eigenvalue weighted by atomic mass is 32.5. The Morgan fingerprint density at radius 1 is 0.889 bits per heavy atom. The molecule has 0 saturated carbocycles. The fourth-order valence-corrected chi connectivity index (χ4v) is 3.82. The van der Waals surface area contributed by atoms with Gasteiger partial charge in [0.15, 0.2) is 11.5 Å². The van der Waals surface area contributed by atoms with Crippen molar-refractivity contribution >= 4 is 25.9 Å². The van der Waals surface area contributed by atoms with E-state index in [1.165, 1.54) is 14.2 Å². The molecule has 27 heavy (non-hydrogen) atoms. The minimum absolute atomic E-state index is 0.0321. The third-order valence-electron chi connectivity index (χ3n) is 3.28. The normalized spacial score (nSPS) is 14.8. The van der Waals surface area contributed by atoms with Gasteiger partial charge < -0.3 is 9.47 Å². The van der Waals surface area contributed by atoms with Crippen LogP contribution in [-0.2, 0) is 10.0 Å². The molecule has 1 N–H and O–H groups in total. The number of hydrogen-bond donors (Lipinski definition) is 1. The van der Waals surface area contributed by atoms with Gasteiger partial charge in [-0.1, -0.05) is 19.4 Å². The number of ether oxygens (including phenoxy) is 2. The highest BCUT2D eigenvalue weighted by Gasteiger charge is 2.65. The molecule has 0 aliphatic rings. The summed E-state index contributed by atoms with van der Waals surface area (Å²) in [6, 6.07) is 2.59. The molecule has 0 spiro atoms. The quantitative estimate of drug-likeness (QED) is 0.623. The lowest BCUT2D eigenvalue weighted by atomic mass is 10.3. The summed E-state index contributed by atoms with van der Waals surface area (Å²) in [6.07, 6.45) is 0. The van der Waals surface area contributed by atoms with Gasteiger partial charge in [-0.2, -0.15) is 0 Å². The predicted octanol–water partition coefficient (Wildman–Crippen LogP) is 5.30. The van der Waals surface area contributed by atoms with Crippen LogP contribution in [0.15, 0.2) is 46.2 Å². The molecule has 0 atom stereocenters. The van der Waals surface area contributed by atoms with E-state index < -0.39 is 41.5 Å². The highest BCUT2D eigenvalue weighted by molar-refractivity contribution is 8.45. The Bertz CT molecular complexity index is 976. The molecule has 0 fully saturated rings. The molecule has 0 aliphatic heterocycles. The molecular formula is C14H13F6NO4S2. The van der Waals surface area contributed by atoms with E-state index >= 15 is 0 Å². The van der Waals surface area contributed by atoms with Crippen LogP contribution in [0.2, 0.25) is 0 Å². The van der Waals surface area contributed by atoms with Crippen molar-refractivity contribution in [3.8, 4) is 11.5 Å². The minimum atomic E-state index is -9.89. The predicted molar refractivity (Wildman–Crippen MR) is 88.2 cm³/mol. The molecule has 152 valence electrons. The number of benzene rings is 2. The van der Waals surface area contributed by atoms with Crippen LogP contribution in [0.4, 0.5) is 29.5 Å². The maximum atomic E-state index is 14.1. The molecule has 0 heterocycles. The molecule has 2 rings (SSSR count). The van der Waals surface area contributed by atoms with Crippen molar-refractivity contribution in [1.82, 2.24) is 0 Å². The minimum Gasteiger partial charge on any atom is -0.493 e. The van der Waals surface area contributed by atoms with E-state index in [1.807, 2.05) is 0 Å². The van der Waals surface area contributed by atoms with E-state index in [2.05, 4.69) is 0 Å². The van der Waals surface area contributed by atoms with Gasteiger partial charge in [-0.15, -0.1) is 0 Å². The molecule has 2 aromatic rings. The summed E-state index contributed by atoms with van der Waals surface area (Å²) in [5.41, 5.74) is -0.477. The van der Waals surface area contributed by atoms with E-state index in [0.29, 0.717) is 12.1 Å². The Kier molecular flexibility index (Phi) is 4.56. The van der Waals surface area contributed by atoms with Crippen LogP contribution >= 0.6 is 10.2 Å². The van der Waals surface area contributed by atoms with Crippen LogP contribution < -0.4 is 14.2 Å². The van der Waals surface area contributed by atoms with Crippen molar-refractivity contribution in [2.75, 3.05) is 18.9 Å². The largest absolute Gasteiger partial charge is 0.493 e. The molecule has 0 amide bonds. The van der Waals surface area contributed by atoms with Crippen LogP contribution in [0, 0.1) is 5.82 Å². The van der Waals surface area contributed by atoms with Crippen LogP contribution in [0.3, 0.4) is 0 Å². The summed E-state index contributed by atoms with van der Waals surface area (Å²) in [5.74, 6) is -1.42. The third-order valence-corrected chi connectivity index (χ3v) is 5.84. The first-order valence-corrected chi connectivity index (χ1v) is 10.3. The lowest BCUT2D eigenvalue weighted by Crippen LogP contribution is -2.15. The van der Waals surface area contributed by atoms with Crippen LogP contribution in [0.25, 0.3) is 0 Å². The number of halogens is 6. The van der Waals surface area contributed by atoms with Crippen molar-refractivity contribution in [2.45, 2.75) is 9.79 Å². The van der Waals surface area contributed by atoms with E-state index in [-0.39, 0.29) is 23.6 Å². The fourth-order valence-electron chi connectivity index (χ4n) is 2.03. The summed E-state index contributed by atoms with van der Waals surface area (Å²) >= 11 is 0. The van der Waals surface area contributed by atoms with Gasteiger partial charge in [0.05, 0.1) is 14.2 Å². The fraction of sp³-hybridized carbons (Fsp3) is 0.143. The number of rotatable bonds is 6. The summed E-state index contributed by atoms with van der Waals surface area (Å²) in [5, 5.41) is 0. The highest BCUT2D eigenvalue weighted by Crippen LogP contribution is 3.02. The van der Waals surface area contributed by atoms with Crippen molar-refractivity contribution in [1.29, 1.82) is 0 Å². The molecule has 0 bridgehead atoms. The Morgan fingerprint density at radius 3 is 1.81 bits per heavy atom. The second-order valence-electron chi connectivity index (χ2n) is 5.24. The van der Waals surface area contributed by atoms with E-state index in [9.17, 15) is 32.2 Å². The monoisotopic (exact) mass is 437 g/mol. The summed E-state index contributed by atoms with van der Waals surface area (Å²) in [6.45, 7) is 0. The molecule has 0 aliphatic carbocycles. The zero-order valence-corrected chi connectivity index (χ0v) is 15.3. The number of methoxy groups -OCH3 is 2. The van der Waals surface area contributed by atoms with Crippen molar-refractivity contribution in [3.63, 3.8) is 0 Å². The van der Waals surface area contributed by atoms with Gasteiger partial charge in [0.1, 0.15) is 15.6 Å². The van der Waals surface area contributed by atoms with E-state index in [4.69, 9.17) is 9.47 Å². The average molecular weight is 437 g/mol. The van der Waals surface area contributed by atoms with Crippen molar-refractivity contribution < 1.29 is 41.7 Å². The van der Waals surface area contributed by atoms with Crippen molar-refractivity contribution in [3.05, 3.63) is 42.2 Å². The Hall–Kier alpha value is -2.28.